The summed E-state index contributed by atoms with van der Waals surface area (Å²) in [5.41, 5.74) is 10.6. The van der Waals surface area contributed by atoms with Crippen molar-refractivity contribution in [3.63, 3.8) is 0 Å². The summed E-state index contributed by atoms with van der Waals surface area (Å²) < 4.78 is 0. The third kappa shape index (κ3) is 5.78. The van der Waals surface area contributed by atoms with Gasteiger partial charge in [-0.25, -0.2) is 0 Å². The van der Waals surface area contributed by atoms with Gasteiger partial charge in [0.05, 0.1) is 6.42 Å². The van der Waals surface area contributed by atoms with Gasteiger partial charge in [0, 0.05) is 17.7 Å². The number of aryl methyl sites for hydroxylation is 1. The standard InChI is InChI=1S/C24H23N3O3/c25-24(26)20-11-9-19(10-12-20)18-7-4-17(5-8-18)15-22(28)27-21-3-1-2-16(14-21)6-13-23(29)30/h1-5,7-12,14H,6,13,15H2,(H3,25,26)(H,27,28)(H,29,30). The Kier molecular flexibility index (Phi) is 6.60. The second-order valence-corrected chi connectivity index (χ2v) is 7.01. The van der Waals surface area contributed by atoms with E-state index < -0.39 is 5.97 Å². The third-order valence-corrected chi connectivity index (χ3v) is 4.69. The van der Waals surface area contributed by atoms with E-state index in [4.69, 9.17) is 16.2 Å². The van der Waals surface area contributed by atoms with Crippen LogP contribution in [0, 0.1) is 5.41 Å². The molecule has 0 spiro atoms. The van der Waals surface area contributed by atoms with E-state index in [0.29, 0.717) is 17.7 Å². The number of nitrogen functional groups attached to an aromatic ring is 1. The highest BCUT2D eigenvalue weighted by atomic mass is 16.4. The molecule has 30 heavy (non-hydrogen) atoms. The Morgan fingerprint density at radius 3 is 2.13 bits per heavy atom. The van der Waals surface area contributed by atoms with Gasteiger partial charge in [-0.05, 0) is 40.8 Å². The number of anilines is 1. The van der Waals surface area contributed by atoms with Crippen LogP contribution < -0.4 is 11.1 Å². The lowest BCUT2D eigenvalue weighted by Gasteiger charge is -2.08. The number of rotatable bonds is 8. The van der Waals surface area contributed by atoms with Crippen molar-refractivity contribution >= 4 is 23.4 Å². The van der Waals surface area contributed by atoms with Crippen LogP contribution in [0.15, 0.2) is 72.8 Å². The lowest BCUT2D eigenvalue weighted by Crippen LogP contribution is -2.14. The van der Waals surface area contributed by atoms with Crippen LogP contribution in [-0.4, -0.2) is 22.8 Å². The zero-order valence-corrected chi connectivity index (χ0v) is 16.4. The molecule has 5 N–H and O–H groups in total. The third-order valence-electron chi connectivity index (χ3n) is 4.69. The molecule has 6 nitrogen and oxygen atoms in total. The average Bonchev–Trinajstić information content (AvgIpc) is 2.73. The number of benzene rings is 3. The number of hydrogen-bond donors (Lipinski definition) is 4. The summed E-state index contributed by atoms with van der Waals surface area (Å²) in [7, 11) is 0. The maximum absolute atomic E-state index is 12.4. The smallest absolute Gasteiger partial charge is 0.303 e. The fourth-order valence-corrected chi connectivity index (χ4v) is 3.10. The van der Waals surface area contributed by atoms with Gasteiger partial charge in [-0.2, -0.15) is 0 Å². The summed E-state index contributed by atoms with van der Waals surface area (Å²) in [5, 5.41) is 19.1. The topological polar surface area (TPSA) is 116 Å². The van der Waals surface area contributed by atoms with Crippen molar-refractivity contribution in [2.24, 2.45) is 5.73 Å². The molecular formula is C24H23N3O3. The highest BCUT2D eigenvalue weighted by molar-refractivity contribution is 5.95. The largest absolute Gasteiger partial charge is 0.481 e. The number of carbonyl (C=O) groups excluding carboxylic acids is 1. The van der Waals surface area contributed by atoms with E-state index >= 15 is 0 Å². The highest BCUT2D eigenvalue weighted by Gasteiger charge is 2.07. The lowest BCUT2D eigenvalue weighted by atomic mass is 10.0. The SMILES string of the molecule is N=C(N)c1ccc(-c2ccc(CC(=O)Nc3cccc(CCC(=O)O)c3)cc2)cc1. The molecule has 0 aliphatic heterocycles. The van der Waals surface area contributed by atoms with Crippen LogP contribution in [0.4, 0.5) is 5.69 Å². The van der Waals surface area contributed by atoms with E-state index in [9.17, 15) is 9.59 Å². The van der Waals surface area contributed by atoms with Crippen LogP contribution in [-0.2, 0) is 22.4 Å². The minimum Gasteiger partial charge on any atom is -0.481 e. The summed E-state index contributed by atoms with van der Waals surface area (Å²) in [5.74, 6) is -0.943. The molecule has 0 unspecified atom stereocenters. The van der Waals surface area contributed by atoms with Gasteiger partial charge in [0.25, 0.3) is 0 Å². The molecule has 3 aromatic rings. The molecule has 0 atom stereocenters. The van der Waals surface area contributed by atoms with E-state index in [1.807, 2.05) is 54.6 Å². The fourth-order valence-electron chi connectivity index (χ4n) is 3.10. The molecule has 3 rings (SSSR count). The second-order valence-electron chi connectivity index (χ2n) is 7.01. The number of amidine groups is 1. The number of carboxylic acids is 1. The van der Waals surface area contributed by atoms with E-state index in [1.165, 1.54) is 0 Å². The van der Waals surface area contributed by atoms with Crippen LogP contribution in [0.1, 0.15) is 23.1 Å². The molecule has 0 saturated carbocycles. The molecule has 6 heteroatoms. The quantitative estimate of drug-likeness (QED) is 0.339. The number of carbonyl (C=O) groups is 2. The first-order valence-corrected chi connectivity index (χ1v) is 9.55. The molecule has 0 radical (unpaired) electrons. The van der Waals surface area contributed by atoms with Gasteiger partial charge in [0.15, 0.2) is 0 Å². The first-order chi connectivity index (χ1) is 14.4. The van der Waals surface area contributed by atoms with E-state index in [-0.39, 0.29) is 24.6 Å². The highest BCUT2D eigenvalue weighted by Crippen LogP contribution is 2.21. The van der Waals surface area contributed by atoms with Crippen LogP contribution in [0.3, 0.4) is 0 Å². The van der Waals surface area contributed by atoms with Gasteiger partial charge >= 0.3 is 5.97 Å². The van der Waals surface area contributed by atoms with Gasteiger partial charge in [-0.1, -0.05) is 60.7 Å². The number of carboxylic acid groups (broad SMARTS) is 1. The van der Waals surface area contributed by atoms with Crippen molar-refractivity contribution in [1.82, 2.24) is 0 Å². The zero-order chi connectivity index (χ0) is 21.5. The number of hydrogen-bond acceptors (Lipinski definition) is 3. The number of aliphatic carboxylic acids is 1. The van der Waals surface area contributed by atoms with Crippen LogP contribution in [0.25, 0.3) is 11.1 Å². The van der Waals surface area contributed by atoms with Crippen LogP contribution in [0.2, 0.25) is 0 Å². The molecule has 0 aliphatic carbocycles. The summed E-state index contributed by atoms with van der Waals surface area (Å²) in [4.78, 5) is 23.1. The Hall–Kier alpha value is -3.93. The molecule has 0 heterocycles. The number of amides is 1. The first-order valence-electron chi connectivity index (χ1n) is 9.55. The average molecular weight is 401 g/mol. The van der Waals surface area contributed by atoms with Crippen molar-refractivity contribution in [3.05, 3.63) is 89.5 Å². The van der Waals surface area contributed by atoms with Gasteiger partial charge in [0.2, 0.25) is 5.91 Å². The number of nitrogens with one attached hydrogen (secondary N) is 2. The summed E-state index contributed by atoms with van der Waals surface area (Å²) in [6.07, 6.45) is 0.720. The lowest BCUT2D eigenvalue weighted by molar-refractivity contribution is -0.137. The molecule has 1 amide bonds. The Balaban J connectivity index is 1.60. The fraction of sp³-hybridized carbons (Fsp3) is 0.125. The second kappa shape index (κ2) is 9.52. The van der Waals surface area contributed by atoms with Crippen molar-refractivity contribution < 1.29 is 14.7 Å². The predicted molar refractivity (Wildman–Crippen MR) is 118 cm³/mol. The summed E-state index contributed by atoms with van der Waals surface area (Å²) in [6, 6.07) is 22.4. The van der Waals surface area contributed by atoms with E-state index in [0.717, 1.165) is 22.3 Å². The molecule has 152 valence electrons. The van der Waals surface area contributed by atoms with Gasteiger partial charge in [-0.3, -0.25) is 15.0 Å². The Bertz CT molecular complexity index is 1060. The molecule has 0 saturated heterocycles. The summed E-state index contributed by atoms with van der Waals surface area (Å²) in [6.45, 7) is 0. The van der Waals surface area contributed by atoms with Crippen LogP contribution >= 0.6 is 0 Å². The molecule has 0 fully saturated rings. The Morgan fingerprint density at radius 2 is 1.53 bits per heavy atom. The first kappa shape index (κ1) is 20.8. The van der Waals surface area contributed by atoms with E-state index in [2.05, 4.69) is 5.32 Å². The molecule has 0 aromatic heterocycles. The molecule has 0 aliphatic rings. The Labute approximate surface area is 174 Å². The van der Waals surface area contributed by atoms with Crippen molar-refractivity contribution in [3.8, 4) is 11.1 Å². The van der Waals surface area contributed by atoms with Gasteiger partial charge in [-0.15, -0.1) is 0 Å². The predicted octanol–water partition coefficient (Wildman–Crippen LogP) is 3.84. The van der Waals surface area contributed by atoms with Crippen molar-refractivity contribution in [1.29, 1.82) is 5.41 Å². The van der Waals surface area contributed by atoms with Gasteiger partial charge < -0.3 is 16.2 Å². The molecular weight excluding hydrogens is 378 g/mol. The Morgan fingerprint density at radius 1 is 0.900 bits per heavy atom. The van der Waals surface area contributed by atoms with Crippen molar-refractivity contribution in [2.75, 3.05) is 5.32 Å². The van der Waals surface area contributed by atoms with E-state index in [1.54, 1.807) is 18.2 Å². The molecule has 0 bridgehead atoms. The van der Waals surface area contributed by atoms with Crippen molar-refractivity contribution in [2.45, 2.75) is 19.3 Å². The van der Waals surface area contributed by atoms with Crippen LogP contribution in [0.5, 0.6) is 0 Å². The number of nitrogens with two attached hydrogens (primary N) is 1. The maximum Gasteiger partial charge on any atom is 0.303 e. The van der Waals surface area contributed by atoms with Gasteiger partial charge in [0.1, 0.15) is 5.84 Å². The maximum atomic E-state index is 12.4. The minimum atomic E-state index is -0.845. The zero-order valence-electron chi connectivity index (χ0n) is 16.4. The summed E-state index contributed by atoms with van der Waals surface area (Å²) >= 11 is 0. The minimum absolute atomic E-state index is 0.0373. The monoisotopic (exact) mass is 401 g/mol. The molecule has 3 aromatic carbocycles. The normalized spacial score (nSPS) is 10.4.